The monoisotopic (exact) mass is 632 g/mol. The molecule has 4 aliphatic rings. The SMILES string of the molecule is CC(C)n1cc(-c2ccc(O[C@@H]3CC[C@@H](NC(=O)[C@@]4(F)CNC5(CCC5)C4)C3)c(-c3cccc(F)c3C3CCC3)c2)c(C(=O)O)n1. The van der Waals surface area contributed by atoms with Gasteiger partial charge in [0.15, 0.2) is 5.69 Å². The average Bonchev–Trinajstić information content (AvgIpc) is 3.71. The Balaban J connectivity index is 1.17. The number of rotatable bonds is 9. The van der Waals surface area contributed by atoms with Crippen molar-refractivity contribution in [1.29, 1.82) is 0 Å². The van der Waals surface area contributed by atoms with Crippen LogP contribution in [0.3, 0.4) is 0 Å². The molecular weight excluding hydrogens is 590 g/mol. The highest BCUT2D eigenvalue weighted by Crippen LogP contribution is 2.47. The van der Waals surface area contributed by atoms with Gasteiger partial charge < -0.3 is 20.5 Å². The number of ether oxygens (including phenoxy) is 1. The normalized spacial score (nSPS) is 25.4. The Labute approximate surface area is 267 Å². The van der Waals surface area contributed by atoms with E-state index in [1.165, 1.54) is 6.07 Å². The predicted octanol–water partition coefficient (Wildman–Crippen LogP) is 6.94. The molecule has 10 heteroatoms. The number of benzene rings is 2. The van der Waals surface area contributed by atoms with E-state index in [0.717, 1.165) is 44.1 Å². The molecule has 3 saturated carbocycles. The minimum atomic E-state index is -1.89. The molecule has 1 aliphatic heterocycles. The van der Waals surface area contributed by atoms with Gasteiger partial charge in [0.2, 0.25) is 5.67 Å². The maximum atomic E-state index is 15.7. The average molecular weight is 633 g/mol. The van der Waals surface area contributed by atoms with Gasteiger partial charge in [0.25, 0.3) is 5.91 Å². The van der Waals surface area contributed by atoms with E-state index in [1.54, 1.807) is 16.9 Å². The Bertz CT molecular complexity index is 1660. The van der Waals surface area contributed by atoms with Gasteiger partial charge in [-0.2, -0.15) is 5.10 Å². The lowest BCUT2D eigenvalue weighted by atomic mass is 9.74. The highest BCUT2D eigenvalue weighted by molar-refractivity contribution is 5.94. The third-order valence-electron chi connectivity index (χ3n) is 10.7. The first kappa shape index (κ1) is 30.8. The van der Waals surface area contributed by atoms with Crippen LogP contribution in [0, 0.1) is 5.82 Å². The fourth-order valence-corrected chi connectivity index (χ4v) is 7.70. The molecular formula is C36H42F2N4O4. The summed E-state index contributed by atoms with van der Waals surface area (Å²) in [6.45, 7) is 3.92. The van der Waals surface area contributed by atoms with E-state index in [0.29, 0.717) is 47.3 Å². The van der Waals surface area contributed by atoms with Crippen LogP contribution in [0.2, 0.25) is 0 Å². The van der Waals surface area contributed by atoms with Gasteiger partial charge in [-0.3, -0.25) is 9.48 Å². The van der Waals surface area contributed by atoms with Crippen LogP contribution in [0.5, 0.6) is 5.75 Å². The van der Waals surface area contributed by atoms with Crippen molar-refractivity contribution in [2.45, 2.75) is 113 Å². The number of nitrogens with one attached hydrogen (secondary N) is 2. The summed E-state index contributed by atoms with van der Waals surface area (Å²) in [6, 6.07) is 10.4. The highest BCUT2D eigenvalue weighted by Gasteiger charge is 2.55. The van der Waals surface area contributed by atoms with Gasteiger partial charge >= 0.3 is 5.97 Å². The molecule has 0 unspecified atom stereocenters. The zero-order valence-corrected chi connectivity index (χ0v) is 26.5. The Hall–Kier alpha value is -3.79. The largest absolute Gasteiger partial charge is 0.490 e. The van der Waals surface area contributed by atoms with E-state index >= 15 is 8.78 Å². The molecule has 8 nitrogen and oxygen atoms in total. The first-order valence-electron chi connectivity index (χ1n) is 16.7. The number of halogens is 2. The molecule has 3 aliphatic carbocycles. The molecule has 2 aromatic carbocycles. The second kappa shape index (κ2) is 11.8. The summed E-state index contributed by atoms with van der Waals surface area (Å²) in [5.74, 6) is -1.25. The lowest BCUT2D eigenvalue weighted by Gasteiger charge is -2.38. The Morgan fingerprint density at radius 3 is 2.54 bits per heavy atom. The molecule has 46 heavy (non-hydrogen) atoms. The van der Waals surface area contributed by atoms with Gasteiger partial charge in [0.05, 0.1) is 0 Å². The van der Waals surface area contributed by atoms with Crippen LogP contribution in [-0.2, 0) is 4.79 Å². The van der Waals surface area contributed by atoms with Gasteiger partial charge in [-0.15, -0.1) is 0 Å². The van der Waals surface area contributed by atoms with Crippen LogP contribution in [0.15, 0.2) is 42.6 Å². The molecule has 244 valence electrons. The molecule has 3 aromatic rings. The minimum absolute atomic E-state index is 0.0327. The van der Waals surface area contributed by atoms with Gasteiger partial charge in [-0.1, -0.05) is 24.6 Å². The Morgan fingerprint density at radius 1 is 1.09 bits per heavy atom. The van der Waals surface area contributed by atoms with E-state index in [4.69, 9.17) is 4.74 Å². The number of aromatic nitrogens is 2. The van der Waals surface area contributed by atoms with Gasteiger partial charge in [-0.05, 0) is 99.6 Å². The second-order valence-electron chi connectivity index (χ2n) is 14.2. The third kappa shape index (κ3) is 5.58. The van der Waals surface area contributed by atoms with Crippen molar-refractivity contribution in [3.8, 4) is 28.0 Å². The van der Waals surface area contributed by atoms with Crippen molar-refractivity contribution in [3.05, 3.63) is 59.7 Å². The van der Waals surface area contributed by atoms with Crippen LogP contribution in [-0.4, -0.2) is 56.7 Å². The van der Waals surface area contributed by atoms with Crippen molar-refractivity contribution < 1.29 is 28.2 Å². The number of nitrogens with zero attached hydrogens (tertiary/aromatic N) is 2. The topological polar surface area (TPSA) is 105 Å². The van der Waals surface area contributed by atoms with Crippen molar-refractivity contribution in [1.82, 2.24) is 20.4 Å². The summed E-state index contributed by atoms with van der Waals surface area (Å²) >= 11 is 0. The molecule has 0 radical (unpaired) electrons. The van der Waals surface area contributed by atoms with Gasteiger partial charge in [0.1, 0.15) is 17.7 Å². The van der Waals surface area contributed by atoms with E-state index in [-0.39, 0.29) is 54.1 Å². The standard InChI is InChI=1S/C36H42F2N4O4/c1-21(2)42-18-28(32(41-42)33(43)44)23-10-13-30(27(16-23)26-8-4-9-29(37)31(26)22-6-3-7-22)46-25-12-11-24(17-25)40-34(45)36(38)19-35(39-20-36)14-5-15-35/h4,8-10,13,16,18,21-22,24-25,39H,3,5-7,11-12,14-15,17,19-20H2,1-2H3,(H,40,45)(H,43,44)/t24-,25-,36+/m1/s1. The van der Waals surface area contributed by atoms with E-state index in [9.17, 15) is 14.7 Å². The molecule has 3 N–H and O–H groups in total. The fourth-order valence-electron chi connectivity index (χ4n) is 7.70. The lowest BCUT2D eigenvalue weighted by Crippen LogP contribution is -2.49. The number of aromatic carboxylic acids is 1. The summed E-state index contributed by atoms with van der Waals surface area (Å²) in [4.78, 5) is 25.2. The van der Waals surface area contributed by atoms with Crippen LogP contribution in [0.1, 0.15) is 106 Å². The fraction of sp³-hybridized carbons (Fsp3) is 0.528. The third-order valence-corrected chi connectivity index (χ3v) is 10.7. The zero-order valence-electron chi connectivity index (χ0n) is 26.5. The van der Waals surface area contributed by atoms with Crippen LogP contribution in [0.4, 0.5) is 8.78 Å². The molecule has 1 aromatic heterocycles. The summed E-state index contributed by atoms with van der Waals surface area (Å²) in [7, 11) is 0. The molecule has 1 saturated heterocycles. The van der Waals surface area contributed by atoms with E-state index in [1.807, 2.05) is 38.1 Å². The number of carbonyl (C=O) groups excluding carboxylic acids is 1. The maximum Gasteiger partial charge on any atom is 0.357 e. The quantitative estimate of drug-likeness (QED) is 0.236. The van der Waals surface area contributed by atoms with Crippen LogP contribution in [0.25, 0.3) is 22.3 Å². The molecule has 1 amide bonds. The molecule has 7 rings (SSSR count). The van der Waals surface area contributed by atoms with Crippen LogP contribution < -0.4 is 15.4 Å². The predicted molar refractivity (Wildman–Crippen MR) is 170 cm³/mol. The first-order valence-corrected chi connectivity index (χ1v) is 16.7. The molecule has 1 spiro atoms. The Morgan fingerprint density at radius 2 is 1.89 bits per heavy atom. The summed E-state index contributed by atoms with van der Waals surface area (Å²) in [5.41, 5.74) is 1.04. The van der Waals surface area contributed by atoms with Crippen molar-refractivity contribution >= 4 is 11.9 Å². The lowest BCUT2D eigenvalue weighted by molar-refractivity contribution is -0.133. The maximum absolute atomic E-state index is 15.7. The number of hydrogen-bond donors (Lipinski definition) is 3. The second-order valence-corrected chi connectivity index (χ2v) is 14.2. The number of carboxylic acid groups (broad SMARTS) is 1. The minimum Gasteiger partial charge on any atom is -0.490 e. The first-order chi connectivity index (χ1) is 22.0. The van der Waals surface area contributed by atoms with E-state index < -0.39 is 17.5 Å². The molecule has 4 fully saturated rings. The van der Waals surface area contributed by atoms with Crippen LogP contribution >= 0.6 is 0 Å². The van der Waals surface area contributed by atoms with Crippen molar-refractivity contribution in [2.24, 2.45) is 0 Å². The summed E-state index contributed by atoms with van der Waals surface area (Å²) in [6.07, 6.45) is 9.37. The Kier molecular flexibility index (Phi) is 7.90. The highest BCUT2D eigenvalue weighted by atomic mass is 19.1. The number of carbonyl (C=O) groups is 2. The number of alkyl halides is 1. The number of amides is 1. The molecule has 3 atom stereocenters. The summed E-state index contributed by atoms with van der Waals surface area (Å²) in [5, 5.41) is 20.5. The molecule has 2 heterocycles. The number of hydrogen-bond acceptors (Lipinski definition) is 5. The van der Waals surface area contributed by atoms with E-state index in [2.05, 4.69) is 15.7 Å². The van der Waals surface area contributed by atoms with Crippen molar-refractivity contribution in [2.75, 3.05) is 6.54 Å². The van der Waals surface area contributed by atoms with Gasteiger partial charge in [0, 0.05) is 54.3 Å². The zero-order chi connectivity index (χ0) is 32.2. The molecule has 0 bridgehead atoms. The number of carboxylic acids is 1. The smallest absolute Gasteiger partial charge is 0.357 e. The van der Waals surface area contributed by atoms with Gasteiger partial charge in [-0.25, -0.2) is 13.6 Å². The summed E-state index contributed by atoms with van der Waals surface area (Å²) < 4.78 is 39.3. The van der Waals surface area contributed by atoms with Crippen molar-refractivity contribution in [3.63, 3.8) is 0 Å².